The Balaban J connectivity index is 1.19. The molecule has 0 saturated carbocycles. The lowest BCUT2D eigenvalue weighted by Crippen LogP contribution is -2.57. The van der Waals surface area contributed by atoms with Crippen molar-refractivity contribution < 1.29 is 19.4 Å². The van der Waals surface area contributed by atoms with Crippen molar-refractivity contribution in [2.45, 2.75) is 51.4 Å². The number of hydrogen-bond acceptors (Lipinski definition) is 9. The van der Waals surface area contributed by atoms with E-state index in [4.69, 9.17) is 42.6 Å². The van der Waals surface area contributed by atoms with Gasteiger partial charge >= 0.3 is 0 Å². The fraction of sp³-hybridized carbons (Fsp3) is 0.389. The minimum atomic E-state index is -0.328. The van der Waals surface area contributed by atoms with E-state index in [1.165, 1.54) is 5.56 Å². The number of benzene rings is 2. The Morgan fingerprint density at radius 3 is 2.15 bits per heavy atom. The van der Waals surface area contributed by atoms with Crippen molar-refractivity contribution in [3.63, 3.8) is 0 Å². The molecule has 4 heterocycles. The summed E-state index contributed by atoms with van der Waals surface area (Å²) >= 11 is 14.2. The number of aromatic nitrogens is 3. The zero-order valence-corrected chi connectivity index (χ0v) is 28.3. The van der Waals surface area contributed by atoms with E-state index in [2.05, 4.69) is 20.9 Å². The Bertz CT molecular complexity index is 1860. The summed E-state index contributed by atoms with van der Waals surface area (Å²) in [4.78, 5) is 30.7. The molecule has 2 saturated heterocycles. The number of aryl methyl sites for hydroxylation is 1. The Labute approximate surface area is 284 Å². The second kappa shape index (κ2) is 12.8. The standard InChI is InChI=1S/C36H37Cl2N5O4/c1-19-31(45)18-42(19)17-29-35(46-3)41-28(14-39-29)26-10-6-8-24(34(26)38)23-7-5-9-25(33(23)37)27-13-21-11-12-30(32(21)36(40-27)47-4)43-15-22(16-43)20(2)44/h5-10,13-14,19,22,30-31,45H,11-12,15-18H2,1-4H3/t19-,30+,31+/m0/s1. The normalized spacial score (nSPS) is 21.2. The number of fused-ring (bicyclic) bond motifs is 1. The molecule has 2 aromatic heterocycles. The van der Waals surface area contributed by atoms with Crippen LogP contribution in [0.2, 0.25) is 10.0 Å². The molecule has 2 fully saturated rings. The molecule has 0 spiro atoms. The number of aliphatic hydroxyl groups excluding tert-OH is 1. The second-order valence-electron chi connectivity index (χ2n) is 12.7. The van der Waals surface area contributed by atoms with Crippen LogP contribution in [0.25, 0.3) is 33.6 Å². The third kappa shape index (κ3) is 5.68. The molecule has 4 aromatic rings. The molecule has 244 valence electrons. The number of halogens is 2. The van der Waals surface area contributed by atoms with Gasteiger partial charge in [-0.3, -0.25) is 19.6 Å². The first-order chi connectivity index (χ1) is 22.7. The number of carbonyl (C=O) groups excluding carboxylic acids is 1. The third-order valence-electron chi connectivity index (χ3n) is 10.0. The van der Waals surface area contributed by atoms with Crippen LogP contribution in [0.1, 0.15) is 43.1 Å². The van der Waals surface area contributed by atoms with E-state index in [-0.39, 0.29) is 29.9 Å². The van der Waals surface area contributed by atoms with E-state index in [0.29, 0.717) is 51.8 Å². The quantitative estimate of drug-likeness (QED) is 0.220. The van der Waals surface area contributed by atoms with Gasteiger partial charge in [-0.1, -0.05) is 59.6 Å². The summed E-state index contributed by atoms with van der Waals surface area (Å²) in [5, 5.41) is 10.9. The van der Waals surface area contributed by atoms with E-state index in [9.17, 15) is 9.90 Å². The number of β-amino-alcohol motifs (C(OH)–C–C–N with tert-alkyl or cyclic N) is 1. The van der Waals surface area contributed by atoms with Crippen LogP contribution in [0.15, 0.2) is 48.7 Å². The average molecular weight is 675 g/mol. The number of hydrogen-bond donors (Lipinski definition) is 1. The first kappa shape index (κ1) is 32.0. The lowest BCUT2D eigenvalue weighted by molar-refractivity contribution is -0.127. The monoisotopic (exact) mass is 673 g/mol. The lowest BCUT2D eigenvalue weighted by Gasteiger charge is -2.43. The molecule has 47 heavy (non-hydrogen) atoms. The Morgan fingerprint density at radius 2 is 1.55 bits per heavy atom. The maximum atomic E-state index is 11.8. The van der Waals surface area contributed by atoms with E-state index >= 15 is 0 Å². The van der Waals surface area contributed by atoms with E-state index in [1.807, 2.05) is 43.3 Å². The number of pyridine rings is 1. The van der Waals surface area contributed by atoms with Crippen LogP contribution in [0.4, 0.5) is 0 Å². The number of ether oxygens (including phenoxy) is 2. The molecule has 2 aromatic carbocycles. The number of nitrogens with zero attached hydrogens (tertiary/aromatic N) is 5. The molecular formula is C36H37Cl2N5O4. The van der Waals surface area contributed by atoms with Crippen LogP contribution in [-0.2, 0) is 17.8 Å². The summed E-state index contributed by atoms with van der Waals surface area (Å²) < 4.78 is 11.5. The summed E-state index contributed by atoms with van der Waals surface area (Å²) in [5.74, 6) is 1.39. The number of Topliss-reactive ketones (excluding diaryl/α,β-unsaturated/α-hetero) is 1. The number of rotatable bonds is 9. The highest BCUT2D eigenvalue weighted by molar-refractivity contribution is 6.39. The maximum Gasteiger partial charge on any atom is 0.237 e. The highest BCUT2D eigenvalue weighted by atomic mass is 35.5. The van der Waals surface area contributed by atoms with Gasteiger partial charge in [-0.25, -0.2) is 9.97 Å². The zero-order chi connectivity index (χ0) is 33.0. The molecule has 0 amide bonds. The number of likely N-dealkylation sites (tertiary alicyclic amines) is 2. The number of methoxy groups -OCH3 is 2. The summed E-state index contributed by atoms with van der Waals surface area (Å²) in [6.07, 6.45) is 3.25. The molecule has 11 heteroatoms. The smallest absolute Gasteiger partial charge is 0.237 e. The Kier molecular flexibility index (Phi) is 8.70. The van der Waals surface area contributed by atoms with E-state index in [0.717, 1.165) is 53.9 Å². The van der Waals surface area contributed by atoms with Crippen LogP contribution in [0.5, 0.6) is 11.8 Å². The molecule has 7 rings (SSSR count). The minimum Gasteiger partial charge on any atom is -0.481 e. The fourth-order valence-electron chi connectivity index (χ4n) is 7.00. The van der Waals surface area contributed by atoms with Gasteiger partial charge in [0.2, 0.25) is 11.8 Å². The maximum absolute atomic E-state index is 11.8. The SMILES string of the molecule is COc1nc(-c2cccc(-c3cccc(-c4cc5c(c(OC)n4)[C@H](N4CC(C(C)=O)C4)CC5)c3Cl)c2Cl)cnc1CN1C[C@@H](O)[C@@H]1C. The fourth-order valence-corrected chi connectivity index (χ4v) is 7.65. The summed E-state index contributed by atoms with van der Waals surface area (Å²) in [5.41, 5.74) is 7.35. The Morgan fingerprint density at radius 1 is 0.936 bits per heavy atom. The van der Waals surface area contributed by atoms with Crippen molar-refractivity contribution in [3.8, 4) is 45.4 Å². The van der Waals surface area contributed by atoms with Crippen LogP contribution < -0.4 is 9.47 Å². The van der Waals surface area contributed by atoms with E-state index < -0.39 is 0 Å². The largest absolute Gasteiger partial charge is 0.481 e. The molecule has 9 nitrogen and oxygen atoms in total. The van der Waals surface area contributed by atoms with Crippen LogP contribution in [0, 0.1) is 5.92 Å². The number of carbonyl (C=O) groups is 1. The second-order valence-corrected chi connectivity index (χ2v) is 13.4. The van der Waals surface area contributed by atoms with Crippen molar-refractivity contribution in [1.82, 2.24) is 24.8 Å². The molecule has 3 atom stereocenters. The molecular weight excluding hydrogens is 637 g/mol. The number of ketones is 1. The molecule has 1 aliphatic carbocycles. The lowest BCUT2D eigenvalue weighted by atomic mass is 9.92. The van der Waals surface area contributed by atoms with Gasteiger partial charge in [-0.2, -0.15) is 0 Å². The van der Waals surface area contributed by atoms with Crippen molar-refractivity contribution in [2.75, 3.05) is 33.9 Å². The predicted molar refractivity (Wildman–Crippen MR) is 182 cm³/mol. The van der Waals surface area contributed by atoms with E-state index in [1.54, 1.807) is 27.3 Å². The van der Waals surface area contributed by atoms with Crippen molar-refractivity contribution in [1.29, 1.82) is 0 Å². The molecule has 2 aliphatic heterocycles. The van der Waals surface area contributed by atoms with Crippen LogP contribution in [0.3, 0.4) is 0 Å². The van der Waals surface area contributed by atoms with Gasteiger partial charge in [-0.05, 0) is 38.3 Å². The average Bonchev–Trinajstić information content (AvgIpc) is 3.47. The van der Waals surface area contributed by atoms with Crippen LogP contribution >= 0.6 is 23.2 Å². The van der Waals surface area contributed by atoms with Crippen LogP contribution in [-0.4, -0.2) is 81.6 Å². The summed E-state index contributed by atoms with van der Waals surface area (Å²) in [7, 11) is 3.23. The third-order valence-corrected chi connectivity index (χ3v) is 10.8. The molecule has 0 unspecified atom stereocenters. The summed E-state index contributed by atoms with van der Waals surface area (Å²) in [6.45, 7) is 6.35. The predicted octanol–water partition coefficient (Wildman–Crippen LogP) is 6.27. The van der Waals surface area contributed by atoms with Crippen molar-refractivity contribution >= 4 is 29.0 Å². The van der Waals surface area contributed by atoms with Gasteiger partial charge in [0.1, 0.15) is 11.5 Å². The van der Waals surface area contributed by atoms with Gasteiger partial charge in [0.15, 0.2) is 0 Å². The zero-order valence-electron chi connectivity index (χ0n) is 26.8. The van der Waals surface area contributed by atoms with Gasteiger partial charge in [0, 0.05) is 72.0 Å². The molecule has 0 bridgehead atoms. The summed E-state index contributed by atoms with van der Waals surface area (Å²) in [6, 6.07) is 14.0. The molecule has 1 N–H and O–H groups in total. The highest BCUT2D eigenvalue weighted by Crippen LogP contribution is 2.47. The van der Waals surface area contributed by atoms with Crippen molar-refractivity contribution in [3.05, 3.63) is 75.5 Å². The Hall–Kier alpha value is -3.60. The molecule has 0 radical (unpaired) electrons. The highest BCUT2D eigenvalue weighted by Gasteiger charge is 2.40. The van der Waals surface area contributed by atoms with Gasteiger partial charge in [0.05, 0.1) is 48.0 Å². The number of aliphatic hydroxyl groups is 1. The van der Waals surface area contributed by atoms with Gasteiger partial charge < -0.3 is 14.6 Å². The van der Waals surface area contributed by atoms with Crippen molar-refractivity contribution in [2.24, 2.45) is 5.92 Å². The first-order valence-electron chi connectivity index (χ1n) is 15.9. The minimum absolute atomic E-state index is 0.0601. The topological polar surface area (TPSA) is 101 Å². The molecule has 3 aliphatic rings. The first-order valence-corrected chi connectivity index (χ1v) is 16.7. The van der Waals surface area contributed by atoms with Gasteiger partial charge in [0.25, 0.3) is 0 Å². The van der Waals surface area contributed by atoms with Gasteiger partial charge in [-0.15, -0.1) is 0 Å².